The average Bonchev–Trinajstić information content (AvgIpc) is 3.27. The second-order valence-electron chi connectivity index (χ2n) is 9.15. The molecule has 2 aliphatic rings. The molecule has 1 aliphatic heterocycles. The summed E-state index contributed by atoms with van der Waals surface area (Å²) in [7, 11) is 0. The van der Waals surface area contributed by atoms with Crippen molar-refractivity contribution in [3.8, 4) is 0 Å². The van der Waals surface area contributed by atoms with Gasteiger partial charge in [0, 0.05) is 13.0 Å². The molecule has 32 heavy (non-hydrogen) atoms. The van der Waals surface area contributed by atoms with Crippen LogP contribution in [0.15, 0.2) is 24.3 Å². The predicted octanol–water partition coefficient (Wildman–Crippen LogP) is 4.55. The topological polar surface area (TPSA) is 78.5 Å². The van der Waals surface area contributed by atoms with E-state index in [0.717, 1.165) is 25.0 Å². The molecular formula is C23H30F3N3O3. The quantitative estimate of drug-likeness (QED) is 0.567. The van der Waals surface area contributed by atoms with E-state index in [1.54, 1.807) is 6.07 Å². The molecule has 9 heteroatoms. The van der Waals surface area contributed by atoms with Gasteiger partial charge in [0.25, 0.3) is 5.91 Å². The van der Waals surface area contributed by atoms with Crippen molar-refractivity contribution in [3.05, 3.63) is 35.4 Å². The lowest BCUT2D eigenvalue weighted by Gasteiger charge is -2.22. The zero-order valence-corrected chi connectivity index (χ0v) is 18.4. The van der Waals surface area contributed by atoms with Crippen molar-refractivity contribution in [2.24, 2.45) is 5.92 Å². The van der Waals surface area contributed by atoms with Crippen molar-refractivity contribution in [3.63, 3.8) is 0 Å². The first-order chi connectivity index (χ1) is 15.0. The SMILES string of the molecule is CC(C)CC(NC(=O)CCCN1C(=O)NC2(CCCC2)C1=O)c1cccc(C(F)(F)F)c1. The molecule has 1 spiro atoms. The molecule has 1 heterocycles. The number of rotatable bonds is 8. The second kappa shape index (κ2) is 9.50. The standard InChI is InChI=1S/C23H30F3N3O3/c1-15(2)13-18(16-7-5-8-17(14-16)23(24,25)26)27-19(30)9-6-12-29-20(31)22(28-21(29)32)10-3-4-11-22/h5,7-8,14-15,18H,3-4,6,9-13H2,1-2H3,(H,27,30)(H,28,32). The van der Waals surface area contributed by atoms with Crippen LogP contribution in [0.25, 0.3) is 0 Å². The normalized spacial score (nSPS) is 19.0. The van der Waals surface area contributed by atoms with Gasteiger partial charge in [-0.15, -0.1) is 0 Å². The Balaban J connectivity index is 1.58. The third kappa shape index (κ3) is 5.42. The maximum Gasteiger partial charge on any atom is 0.416 e. The van der Waals surface area contributed by atoms with Gasteiger partial charge in [-0.1, -0.05) is 38.8 Å². The number of carbonyl (C=O) groups is 3. The highest BCUT2D eigenvalue weighted by molar-refractivity contribution is 6.07. The zero-order chi connectivity index (χ0) is 23.5. The van der Waals surface area contributed by atoms with Crippen molar-refractivity contribution in [1.29, 1.82) is 0 Å². The lowest BCUT2D eigenvalue weighted by molar-refractivity contribution is -0.137. The Morgan fingerprint density at radius 3 is 2.53 bits per heavy atom. The first kappa shape index (κ1) is 24.1. The van der Waals surface area contributed by atoms with E-state index >= 15 is 0 Å². The number of imide groups is 1. The molecule has 1 atom stereocenters. The third-order valence-corrected chi connectivity index (χ3v) is 6.15. The molecule has 3 rings (SSSR count). The van der Waals surface area contributed by atoms with Gasteiger partial charge in [0.15, 0.2) is 0 Å². The van der Waals surface area contributed by atoms with Crippen LogP contribution in [0, 0.1) is 5.92 Å². The van der Waals surface area contributed by atoms with Gasteiger partial charge in [0.1, 0.15) is 5.54 Å². The summed E-state index contributed by atoms with van der Waals surface area (Å²) in [6.07, 6.45) is -0.533. The Kier molecular flexibility index (Phi) is 7.15. The van der Waals surface area contributed by atoms with Crippen LogP contribution in [-0.2, 0) is 15.8 Å². The minimum atomic E-state index is -4.46. The first-order valence-electron chi connectivity index (χ1n) is 11.1. The van der Waals surface area contributed by atoms with Crippen molar-refractivity contribution < 1.29 is 27.6 Å². The van der Waals surface area contributed by atoms with Crippen LogP contribution in [-0.4, -0.2) is 34.8 Å². The molecule has 0 bridgehead atoms. The molecule has 4 amide bonds. The van der Waals surface area contributed by atoms with Crippen LogP contribution in [0.4, 0.5) is 18.0 Å². The number of nitrogens with zero attached hydrogens (tertiary/aromatic N) is 1. The van der Waals surface area contributed by atoms with Crippen LogP contribution < -0.4 is 10.6 Å². The Hall–Kier alpha value is -2.58. The van der Waals surface area contributed by atoms with E-state index in [2.05, 4.69) is 10.6 Å². The van der Waals surface area contributed by atoms with Crippen molar-refractivity contribution in [2.45, 2.75) is 76.6 Å². The van der Waals surface area contributed by atoms with Crippen molar-refractivity contribution in [1.82, 2.24) is 15.5 Å². The van der Waals surface area contributed by atoms with E-state index in [-0.39, 0.29) is 37.1 Å². The van der Waals surface area contributed by atoms with Crippen LogP contribution in [0.2, 0.25) is 0 Å². The summed E-state index contributed by atoms with van der Waals surface area (Å²) in [6.45, 7) is 4.00. The number of hydrogen-bond acceptors (Lipinski definition) is 3. The predicted molar refractivity (Wildman–Crippen MR) is 112 cm³/mol. The van der Waals surface area contributed by atoms with Gasteiger partial charge in [0.2, 0.25) is 5.91 Å². The third-order valence-electron chi connectivity index (χ3n) is 6.15. The van der Waals surface area contributed by atoms with Crippen LogP contribution in [0.5, 0.6) is 0 Å². The van der Waals surface area contributed by atoms with E-state index in [0.29, 0.717) is 24.8 Å². The molecule has 1 aromatic carbocycles. The van der Waals surface area contributed by atoms with Gasteiger partial charge in [-0.25, -0.2) is 4.79 Å². The van der Waals surface area contributed by atoms with Gasteiger partial charge in [-0.3, -0.25) is 14.5 Å². The highest BCUT2D eigenvalue weighted by atomic mass is 19.4. The van der Waals surface area contributed by atoms with Crippen LogP contribution in [0.3, 0.4) is 0 Å². The fourth-order valence-corrected chi connectivity index (χ4v) is 4.54. The Morgan fingerprint density at radius 1 is 1.22 bits per heavy atom. The number of alkyl halides is 3. The van der Waals surface area contributed by atoms with Crippen LogP contribution >= 0.6 is 0 Å². The van der Waals surface area contributed by atoms with Gasteiger partial charge < -0.3 is 10.6 Å². The number of nitrogens with one attached hydrogen (secondary N) is 2. The maximum atomic E-state index is 13.1. The van der Waals surface area contributed by atoms with Crippen molar-refractivity contribution in [2.75, 3.05) is 6.54 Å². The molecule has 2 N–H and O–H groups in total. The molecule has 1 saturated carbocycles. The lowest BCUT2D eigenvalue weighted by atomic mass is 9.95. The van der Waals surface area contributed by atoms with E-state index < -0.39 is 29.4 Å². The highest BCUT2D eigenvalue weighted by Gasteiger charge is 2.52. The number of hydrogen-bond donors (Lipinski definition) is 2. The smallest absolute Gasteiger partial charge is 0.349 e. The van der Waals surface area contributed by atoms with E-state index in [9.17, 15) is 27.6 Å². The summed E-state index contributed by atoms with van der Waals surface area (Å²) in [6, 6.07) is 4.03. The Morgan fingerprint density at radius 2 is 1.91 bits per heavy atom. The first-order valence-corrected chi connectivity index (χ1v) is 11.1. The van der Waals surface area contributed by atoms with E-state index in [4.69, 9.17) is 0 Å². The fraction of sp³-hybridized carbons (Fsp3) is 0.609. The molecule has 1 saturated heterocycles. The van der Waals surface area contributed by atoms with Crippen LogP contribution in [0.1, 0.15) is 76.0 Å². The summed E-state index contributed by atoms with van der Waals surface area (Å²) >= 11 is 0. The number of amides is 4. The molecule has 0 radical (unpaired) electrons. The molecule has 176 valence electrons. The second-order valence-corrected chi connectivity index (χ2v) is 9.15. The number of urea groups is 1. The van der Waals surface area contributed by atoms with Gasteiger partial charge in [-0.05, 0) is 49.3 Å². The average molecular weight is 454 g/mol. The highest BCUT2D eigenvalue weighted by Crippen LogP contribution is 2.35. The molecule has 1 unspecified atom stereocenters. The molecule has 2 fully saturated rings. The summed E-state index contributed by atoms with van der Waals surface area (Å²) in [5.74, 6) is -0.388. The van der Waals surface area contributed by atoms with E-state index in [1.165, 1.54) is 11.0 Å². The maximum absolute atomic E-state index is 13.1. The monoisotopic (exact) mass is 453 g/mol. The van der Waals surface area contributed by atoms with Gasteiger partial charge in [0.05, 0.1) is 11.6 Å². The molecular weight excluding hydrogens is 423 g/mol. The minimum Gasteiger partial charge on any atom is -0.349 e. The molecule has 1 aromatic rings. The molecule has 6 nitrogen and oxygen atoms in total. The van der Waals surface area contributed by atoms with Crippen molar-refractivity contribution >= 4 is 17.8 Å². The summed E-state index contributed by atoms with van der Waals surface area (Å²) in [4.78, 5) is 38.6. The Bertz CT molecular complexity index is 864. The Labute approximate surface area is 185 Å². The summed E-state index contributed by atoms with van der Waals surface area (Å²) in [5, 5.41) is 5.63. The largest absolute Gasteiger partial charge is 0.416 e. The molecule has 1 aliphatic carbocycles. The number of benzene rings is 1. The number of carbonyl (C=O) groups excluding carboxylic acids is 3. The molecule has 0 aromatic heterocycles. The van der Waals surface area contributed by atoms with Gasteiger partial charge in [-0.2, -0.15) is 13.2 Å². The fourth-order valence-electron chi connectivity index (χ4n) is 4.54. The van der Waals surface area contributed by atoms with E-state index in [1.807, 2.05) is 13.8 Å². The van der Waals surface area contributed by atoms with Gasteiger partial charge >= 0.3 is 12.2 Å². The summed E-state index contributed by atoms with van der Waals surface area (Å²) in [5.41, 5.74) is -1.12. The minimum absolute atomic E-state index is 0.0671. The lowest BCUT2D eigenvalue weighted by Crippen LogP contribution is -2.44. The summed E-state index contributed by atoms with van der Waals surface area (Å²) < 4.78 is 39.3. The number of halogens is 3. The zero-order valence-electron chi connectivity index (χ0n) is 18.4.